The van der Waals surface area contributed by atoms with Crippen LogP contribution in [0.3, 0.4) is 0 Å². The van der Waals surface area contributed by atoms with Crippen LogP contribution < -0.4 is 10.1 Å². The smallest absolute Gasteiger partial charge is 0.435 e. The quantitative estimate of drug-likeness (QED) is 0.266. The summed E-state index contributed by atoms with van der Waals surface area (Å²) in [6.07, 6.45) is -5.11. The maximum atomic E-state index is 15.1. The van der Waals surface area contributed by atoms with Crippen molar-refractivity contribution in [3.8, 4) is 11.4 Å². The van der Waals surface area contributed by atoms with Crippen LogP contribution in [0.25, 0.3) is 5.69 Å². The van der Waals surface area contributed by atoms with Crippen LogP contribution in [0.1, 0.15) is 53.6 Å². The maximum Gasteiger partial charge on any atom is 0.435 e. The van der Waals surface area contributed by atoms with Crippen molar-refractivity contribution in [2.75, 3.05) is 13.6 Å². The number of likely N-dealkylation sites (N-methyl/N-ethyl adjacent to an activating group) is 1. The van der Waals surface area contributed by atoms with Gasteiger partial charge in [-0.25, -0.2) is 18.7 Å². The van der Waals surface area contributed by atoms with Gasteiger partial charge in [0.1, 0.15) is 5.60 Å². The number of carbonyl (C=O) groups excluding carboxylic acids is 2. The number of fused-ring (bicyclic) bond motifs is 1. The first-order valence-corrected chi connectivity index (χ1v) is 12.2. The van der Waals surface area contributed by atoms with Crippen molar-refractivity contribution in [1.29, 1.82) is 0 Å². The molecule has 0 radical (unpaired) electrons. The number of nitrogens with zero attached hydrogens (tertiary/aromatic N) is 3. The minimum absolute atomic E-state index is 0.00541. The number of ether oxygens (including phenoxy) is 2. The van der Waals surface area contributed by atoms with E-state index in [4.69, 9.17) is 9.47 Å². The summed E-state index contributed by atoms with van der Waals surface area (Å²) in [6.45, 7) is 6.27. The molecule has 0 fully saturated rings. The standard InChI is InChI=1S/C27H28F4N4O4/c1-26(2,3)39-25(37)32-14-16-6-5-7-18(12-16)35-20(13-22(33-35)27(29,30)31)24(36)38-21-9-8-17-15-34(4)11-10-19(17)23(21)28/h5-9,12-13H,10-11,14-15H2,1-4H3,(H,32,37). The fourth-order valence-corrected chi connectivity index (χ4v) is 4.11. The van der Waals surface area contributed by atoms with E-state index in [1.165, 1.54) is 24.3 Å². The van der Waals surface area contributed by atoms with Gasteiger partial charge in [-0.05, 0) is 69.1 Å². The number of hydrogen-bond donors (Lipinski definition) is 1. The molecule has 2 heterocycles. The molecule has 0 saturated carbocycles. The summed E-state index contributed by atoms with van der Waals surface area (Å²) in [6, 6.07) is 9.54. The van der Waals surface area contributed by atoms with Gasteiger partial charge in [-0.15, -0.1) is 0 Å². The third-order valence-electron chi connectivity index (χ3n) is 5.89. The van der Waals surface area contributed by atoms with Crippen LogP contribution in [0, 0.1) is 5.82 Å². The molecule has 0 bridgehead atoms. The zero-order valence-corrected chi connectivity index (χ0v) is 21.9. The first-order valence-electron chi connectivity index (χ1n) is 12.2. The molecule has 0 spiro atoms. The Labute approximate surface area is 222 Å². The van der Waals surface area contributed by atoms with Crippen LogP contribution in [0.2, 0.25) is 0 Å². The van der Waals surface area contributed by atoms with Crippen molar-refractivity contribution in [3.63, 3.8) is 0 Å². The predicted octanol–water partition coefficient (Wildman–Crippen LogP) is 5.26. The van der Waals surface area contributed by atoms with Crippen LogP contribution in [-0.2, 0) is 30.4 Å². The number of esters is 1. The van der Waals surface area contributed by atoms with Crippen molar-refractivity contribution in [3.05, 3.63) is 76.4 Å². The molecule has 4 rings (SSSR count). The molecule has 1 amide bonds. The van der Waals surface area contributed by atoms with Gasteiger partial charge in [-0.3, -0.25) is 0 Å². The largest absolute Gasteiger partial charge is 0.444 e. The summed E-state index contributed by atoms with van der Waals surface area (Å²) in [5, 5.41) is 6.14. The molecular formula is C27H28F4N4O4. The molecule has 1 aromatic heterocycles. The number of alkyl carbamates (subject to hydrolysis) is 1. The summed E-state index contributed by atoms with van der Waals surface area (Å²) in [7, 11) is 1.90. The number of amides is 1. The van der Waals surface area contributed by atoms with Crippen LogP contribution in [-0.4, -0.2) is 45.9 Å². The van der Waals surface area contributed by atoms with Gasteiger partial charge in [0, 0.05) is 25.7 Å². The van der Waals surface area contributed by atoms with E-state index in [9.17, 15) is 22.8 Å². The van der Waals surface area contributed by atoms with Crippen LogP contribution in [0.4, 0.5) is 22.4 Å². The lowest BCUT2D eigenvalue weighted by Gasteiger charge is -2.25. The van der Waals surface area contributed by atoms with Crippen molar-refractivity contribution in [2.24, 2.45) is 0 Å². The van der Waals surface area contributed by atoms with Crippen molar-refractivity contribution >= 4 is 12.1 Å². The Balaban J connectivity index is 1.62. The lowest BCUT2D eigenvalue weighted by Crippen LogP contribution is -2.32. The minimum Gasteiger partial charge on any atom is -0.444 e. The van der Waals surface area contributed by atoms with Crippen molar-refractivity contribution < 1.29 is 36.6 Å². The Morgan fingerprint density at radius 3 is 2.54 bits per heavy atom. The molecule has 8 nitrogen and oxygen atoms in total. The first kappa shape index (κ1) is 28.1. The molecule has 1 N–H and O–H groups in total. The van der Waals surface area contributed by atoms with Gasteiger partial charge < -0.3 is 19.7 Å². The van der Waals surface area contributed by atoms with Gasteiger partial charge in [0.15, 0.2) is 23.0 Å². The lowest BCUT2D eigenvalue weighted by molar-refractivity contribution is -0.141. The summed E-state index contributed by atoms with van der Waals surface area (Å²) < 4.78 is 67.0. The average molecular weight is 549 g/mol. The predicted molar refractivity (Wildman–Crippen MR) is 133 cm³/mol. The summed E-state index contributed by atoms with van der Waals surface area (Å²) in [4.78, 5) is 27.1. The Morgan fingerprint density at radius 2 is 1.85 bits per heavy atom. The Bertz CT molecular complexity index is 1400. The maximum absolute atomic E-state index is 15.1. The fourth-order valence-electron chi connectivity index (χ4n) is 4.11. The molecule has 0 aliphatic carbocycles. The second-order valence-electron chi connectivity index (χ2n) is 10.2. The first-order chi connectivity index (χ1) is 18.2. The highest BCUT2D eigenvalue weighted by molar-refractivity contribution is 5.90. The van der Waals surface area contributed by atoms with E-state index < -0.39 is 41.0 Å². The molecule has 0 atom stereocenters. The SMILES string of the molecule is CN1CCc2c(ccc(OC(=O)c3cc(C(F)(F)F)nn3-c3cccc(CNC(=O)OC(C)(C)C)c3)c2F)C1. The van der Waals surface area contributed by atoms with Crippen LogP contribution in [0.5, 0.6) is 5.75 Å². The summed E-state index contributed by atoms with van der Waals surface area (Å²) in [5.74, 6) is -2.30. The number of carbonyl (C=O) groups is 2. The van der Waals surface area contributed by atoms with E-state index in [-0.39, 0.29) is 18.0 Å². The average Bonchev–Trinajstić information content (AvgIpc) is 3.30. The highest BCUT2D eigenvalue weighted by Crippen LogP contribution is 2.32. The second kappa shape index (κ2) is 10.7. The zero-order chi connectivity index (χ0) is 28.5. The monoisotopic (exact) mass is 548 g/mol. The second-order valence-corrected chi connectivity index (χ2v) is 10.2. The molecule has 39 heavy (non-hydrogen) atoms. The number of benzene rings is 2. The number of halogens is 4. The lowest BCUT2D eigenvalue weighted by atomic mass is 9.99. The van der Waals surface area contributed by atoms with Crippen molar-refractivity contribution in [2.45, 2.75) is 52.1 Å². The molecule has 2 aromatic carbocycles. The normalized spacial score (nSPS) is 14.1. The van der Waals surface area contributed by atoms with Gasteiger partial charge in [-0.1, -0.05) is 18.2 Å². The van der Waals surface area contributed by atoms with Crippen molar-refractivity contribution in [1.82, 2.24) is 20.0 Å². The molecule has 1 aliphatic heterocycles. The Morgan fingerprint density at radius 1 is 1.10 bits per heavy atom. The molecule has 0 unspecified atom stereocenters. The van der Waals surface area contributed by atoms with Gasteiger partial charge in [0.05, 0.1) is 5.69 Å². The highest BCUT2D eigenvalue weighted by atomic mass is 19.4. The van der Waals surface area contributed by atoms with Crippen LogP contribution >= 0.6 is 0 Å². The van der Waals surface area contributed by atoms with Crippen LogP contribution in [0.15, 0.2) is 42.5 Å². The zero-order valence-electron chi connectivity index (χ0n) is 21.9. The molecule has 208 valence electrons. The van der Waals surface area contributed by atoms with E-state index in [1.807, 2.05) is 11.9 Å². The molecule has 1 aliphatic rings. The number of nitrogens with one attached hydrogen (secondary N) is 1. The molecular weight excluding hydrogens is 520 g/mol. The molecule has 0 saturated heterocycles. The molecule has 3 aromatic rings. The number of alkyl halides is 3. The van der Waals surface area contributed by atoms with Gasteiger partial charge in [0.25, 0.3) is 0 Å². The van der Waals surface area contributed by atoms with E-state index in [0.29, 0.717) is 36.7 Å². The summed E-state index contributed by atoms with van der Waals surface area (Å²) in [5.41, 5.74) is -0.798. The Kier molecular flexibility index (Phi) is 7.69. The van der Waals surface area contributed by atoms with E-state index >= 15 is 4.39 Å². The number of rotatable bonds is 5. The van der Waals surface area contributed by atoms with E-state index in [2.05, 4.69) is 10.4 Å². The summed E-state index contributed by atoms with van der Waals surface area (Å²) >= 11 is 0. The third kappa shape index (κ3) is 6.75. The van der Waals surface area contributed by atoms with Gasteiger partial charge >= 0.3 is 18.2 Å². The highest BCUT2D eigenvalue weighted by Gasteiger charge is 2.37. The third-order valence-corrected chi connectivity index (χ3v) is 5.89. The minimum atomic E-state index is -4.85. The van der Waals surface area contributed by atoms with E-state index in [0.717, 1.165) is 10.2 Å². The number of hydrogen-bond acceptors (Lipinski definition) is 6. The topological polar surface area (TPSA) is 85.7 Å². The Hall–Kier alpha value is -3.93. The van der Waals surface area contributed by atoms with E-state index in [1.54, 1.807) is 32.9 Å². The molecule has 12 heteroatoms. The number of aromatic nitrogens is 2. The van der Waals surface area contributed by atoms with Gasteiger partial charge in [0.2, 0.25) is 0 Å². The van der Waals surface area contributed by atoms with Gasteiger partial charge in [-0.2, -0.15) is 18.3 Å². The fraction of sp³-hybridized carbons (Fsp3) is 0.370.